The largest absolute Gasteiger partial charge is 0.295 e. The average molecular weight is 245 g/mol. The highest BCUT2D eigenvalue weighted by molar-refractivity contribution is 5.92. The first kappa shape index (κ1) is 12.3. The minimum absolute atomic E-state index is 0.332. The van der Waals surface area contributed by atoms with E-state index in [1.165, 1.54) is 12.7 Å². The van der Waals surface area contributed by atoms with Gasteiger partial charge in [0.2, 0.25) is 0 Å². The van der Waals surface area contributed by atoms with Crippen molar-refractivity contribution in [3.05, 3.63) is 53.3 Å². The van der Waals surface area contributed by atoms with Crippen molar-refractivity contribution in [1.82, 2.24) is 15.7 Å². The molecule has 0 fully saturated rings. The Hall–Kier alpha value is -2.14. The van der Waals surface area contributed by atoms with Crippen LogP contribution in [0.3, 0.4) is 0 Å². The molecule has 1 amide bonds. The van der Waals surface area contributed by atoms with Crippen molar-refractivity contribution in [3.8, 4) is 0 Å². The maximum atomic E-state index is 11.6. The summed E-state index contributed by atoms with van der Waals surface area (Å²) in [5.41, 5.74) is 4.76. The van der Waals surface area contributed by atoms with Crippen molar-refractivity contribution >= 4 is 5.91 Å². The number of amides is 1. The molecular formula is C13H15N3O2. The van der Waals surface area contributed by atoms with Gasteiger partial charge in [-0.2, -0.15) is 5.10 Å². The molecule has 0 unspecified atom stereocenters. The van der Waals surface area contributed by atoms with Crippen LogP contribution in [0.15, 0.2) is 36.5 Å². The lowest BCUT2D eigenvalue weighted by Crippen LogP contribution is -2.23. The van der Waals surface area contributed by atoms with Crippen LogP contribution in [0.2, 0.25) is 0 Å². The molecule has 18 heavy (non-hydrogen) atoms. The Morgan fingerprint density at radius 1 is 1.33 bits per heavy atom. The van der Waals surface area contributed by atoms with Gasteiger partial charge in [0.1, 0.15) is 0 Å². The molecule has 0 aliphatic rings. The quantitative estimate of drug-likeness (QED) is 0.784. The molecule has 0 spiro atoms. The maximum absolute atomic E-state index is 11.6. The normalized spacial score (nSPS) is 10.3. The minimum atomic E-state index is -0.332. The summed E-state index contributed by atoms with van der Waals surface area (Å²) in [6, 6.07) is 10.1. The summed E-state index contributed by atoms with van der Waals surface area (Å²) in [5, 5.41) is 6.64. The SMILES string of the molecule is CONC(=O)c1n[nH]cc1CCc1ccccc1. The Balaban J connectivity index is 2.02. The van der Waals surface area contributed by atoms with Crippen LogP contribution in [0.5, 0.6) is 0 Å². The van der Waals surface area contributed by atoms with Crippen LogP contribution in [0, 0.1) is 0 Å². The molecule has 2 N–H and O–H groups in total. The van der Waals surface area contributed by atoms with E-state index in [0.717, 1.165) is 18.4 Å². The first-order chi connectivity index (χ1) is 8.81. The highest BCUT2D eigenvalue weighted by atomic mass is 16.6. The maximum Gasteiger partial charge on any atom is 0.295 e. The lowest BCUT2D eigenvalue weighted by Gasteiger charge is -2.03. The van der Waals surface area contributed by atoms with Gasteiger partial charge in [0, 0.05) is 11.8 Å². The number of rotatable bonds is 5. The number of aromatic amines is 1. The van der Waals surface area contributed by atoms with Gasteiger partial charge in [-0.3, -0.25) is 14.7 Å². The predicted molar refractivity (Wildman–Crippen MR) is 66.9 cm³/mol. The highest BCUT2D eigenvalue weighted by Crippen LogP contribution is 2.10. The molecule has 2 rings (SSSR count). The van der Waals surface area contributed by atoms with Crippen LogP contribution in [-0.2, 0) is 17.7 Å². The summed E-state index contributed by atoms with van der Waals surface area (Å²) in [4.78, 5) is 16.2. The van der Waals surface area contributed by atoms with Crippen molar-refractivity contribution in [1.29, 1.82) is 0 Å². The van der Waals surface area contributed by atoms with Crippen molar-refractivity contribution in [2.75, 3.05) is 7.11 Å². The number of hydrogen-bond donors (Lipinski definition) is 2. The first-order valence-electron chi connectivity index (χ1n) is 5.71. The second kappa shape index (κ2) is 5.97. The Bertz CT molecular complexity index is 508. The van der Waals surface area contributed by atoms with Crippen LogP contribution >= 0.6 is 0 Å². The van der Waals surface area contributed by atoms with Gasteiger partial charge in [-0.1, -0.05) is 30.3 Å². The highest BCUT2D eigenvalue weighted by Gasteiger charge is 2.14. The van der Waals surface area contributed by atoms with Crippen LogP contribution in [0.25, 0.3) is 0 Å². The average Bonchev–Trinajstić information content (AvgIpc) is 2.86. The van der Waals surface area contributed by atoms with Crippen molar-refractivity contribution in [2.45, 2.75) is 12.8 Å². The number of benzene rings is 1. The summed E-state index contributed by atoms with van der Waals surface area (Å²) >= 11 is 0. The van der Waals surface area contributed by atoms with Gasteiger partial charge in [0.25, 0.3) is 5.91 Å². The zero-order chi connectivity index (χ0) is 12.8. The van der Waals surface area contributed by atoms with E-state index < -0.39 is 0 Å². The molecule has 5 heteroatoms. The Morgan fingerprint density at radius 2 is 2.11 bits per heavy atom. The lowest BCUT2D eigenvalue weighted by molar-refractivity contribution is 0.0531. The van der Waals surface area contributed by atoms with Crippen LogP contribution in [-0.4, -0.2) is 23.2 Å². The topological polar surface area (TPSA) is 67.0 Å². The lowest BCUT2D eigenvalue weighted by atomic mass is 10.0. The molecule has 0 saturated carbocycles. The van der Waals surface area contributed by atoms with E-state index in [1.54, 1.807) is 6.20 Å². The van der Waals surface area contributed by atoms with Gasteiger partial charge >= 0.3 is 0 Å². The van der Waals surface area contributed by atoms with Crippen molar-refractivity contribution in [2.24, 2.45) is 0 Å². The second-order valence-corrected chi connectivity index (χ2v) is 3.88. The Morgan fingerprint density at radius 3 is 2.83 bits per heavy atom. The van der Waals surface area contributed by atoms with E-state index in [9.17, 15) is 4.79 Å². The molecule has 2 aromatic rings. The number of H-pyrrole nitrogens is 1. The van der Waals surface area contributed by atoms with Crippen molar-refractivity contribution in [3.63, 3.8) is 0 Å². The molecule has 1 aromatic carbocycles. The number of nitrogens with zero attached hydrogens (tertiary/aromatic N) is 1. The number of hydroxylamine groups is 1. The number of carbonyl (C=O) groups is 1. The number of carbonyl (C=O) groups excluding carboxylic acids is 1. The summed E-state index contributed by atoms with van der Waals surface area (Å²) in [6.45, 7) is 0. The van der Waals surface area contributed by atoms with E-state index >= 15 is 0 Å². The molecule has 0 atom stereocenters. The molecule has 0 bridgehead atoms. The summed E-state index contributed by atoms with van der Waals surface area (Å²) in [6.07, 6.45) is 3.37. The van der Waals surface area contributed by atoms with Gasteiger partial charge in [-0.15, -0.1) is 0 Å². The van der Waals surface area contributed by atoms with E-state index in [1.807, 2.05) is 18.2 Å². The van der Waals surface area contributed by atoms with Crippen molar-refractivity contribution < 1.29 is 9.63 Å². The van der Waals surface area contributed by atoms with Crippen LogP contribution in [0.4, 0.5) is 0 Å². The van der Waals surface area contributed by atoms with E-state index in [0.29, 0.717) is 5.69 Å². The number of nitrogens with one attached hydrogen (secondary N) is 2. The van der Waals surface area contributed by atoms with Gasteiger partial charge in [-0.25, -0.2) is 5.48 Å². The summed E-state index contributed by atoms with van der Waals surface area (Å²) in [5.74, 6) is -0.332. The molecule has 0 aliphatic heterocycles. The summed E-state index contributed by atoms with van der Waals surface area (Å²) < 4.78 is 0. The molecule has 0 radical (unpaired) electrons. The van der Waals surface area contributed by atoms with Crippen LogP contribution in [0.1, 0.15) is 21.6 Å². The second-order valence-electron chi connectivity index (χ2n) is 3.88. The molecular weight excluding hydrogens is 230 g/mol. The monoisotopic (exact) mass is 245 g/mol. The first-order valence-corrected chi connectivity index (χ1v) is 5.71. The van der Waals surface area contributed by atoms with Gasteiger partial charge < -0.3 is 0 Å². The van der Waals surface area contributed by atoms with Gasteiger partial charge in [0.05, 0.1) is 7.11 Å². The molecule has 0 aliphatic carbocycles. The third kappa shape index (κ3) is 2.95. The number of aromatic nitrogens is 2. The molecule has 5 nitrogen and oxygen atoms in total. The molecule has 1 heterocycles. The summed E-state index contributed by atoms with van der Waals surface area (Å²) in [7, 11) is 1.40. The van der Waals surface area contributed by atoms with E-state index in [4.69, 9.17) is 0 Å². The molecule has 0 saturated heterocycles. The third-order valence-corrected chi connectivity index (χ3v) is 2.65. The van der Waals surface area contributed by atoms with Gasteiger partial charge in [0.15, 0.2) is 5.69 Å². The number of aryl methyl sites for hydroxylation is 2. The number of hydrogen-bond acceptors (Lipinski definition) is 3. The molecule has 94 valence electrons. The van der Waals surface area contributed by atoms with E-state index in [-0.39, 0.29) is 5.91 Å². The zero-order valence-electron chi connectivity index (χ0n) is 10.1. The van der Waals surface area contributed by atoms with Gasteiger partial charge in [-0.05, 0) is 18.4 Å². The minimum Gasteiger partial charge on any atom is -0.285 e. The fraction of sp³-hybridized carbons (Fsp3) is 0.231. The predicted octanol–water partition coefficient (Wildman–Crippen LogP) is 1.49. The third-order valence-electron chi connectivity index (χ3n) is 2.65. The smallest absolute Gasteiger partial charge is 0.285 e. The zero-order valence-corrected chi connectivity index (χ0v) is 10.1. The standard InChI is InChI=1S/C13H15N3O2/c1-18-16-13(17)12-11(9-14-15-12)8-7-10-5-3-2-4-6-10/h2-6,9H,7-8H2,1H3,(H,14,15)(H,16,17). The fourth-order valence-electron chi connectivity index (χ4n) is 1.77. The Kier molecular flexibility index (Phi) is 4.09. The van der Waals surface area contributed by atoms with E-state index in [2.05, 4.69) is 32.6 Å². The Labute approximate surface area is 105 Å². The molecule has 1 aromatic heterocycles. The van der Waals surface area contributed by atoms with Crippen LogP contribution < -0.4 is 5.48 Å². The fourth-order valence-corrected chi connectivity index (χ4v) is 1.77.